The molecule has 4 nitrogen and oxygen atoms in total. The van der Waals surface area contributed by atoms with E-state index >= 15 is 0 Å². The maximum atomic E-state index is 11.7. The Morgan fingerprint density at radius 2 is 2.05 bits per heavy atom. The Kier molecular flexibility index (Phi) is 4.32. The molecule has 0 aromatic carbocycles. The number of halogens is 1. The van der Waals surface area contributed by atoms with Crippen molar-refractivity contribution in [1.29, 1.82) is 0 Å². The first-order chi connectivity index (χ1) is 9.20. The quantitative estimate of drug-likeness (QED) is 0.623. The highest BCUT2D eigenvalue weighted by molar-refractivity contribution is 6.29. The summed E-state index contributed by atoms with van der Waals surface area (Å²) in [6.07, 6.45) is 0.754. The van der Waals surface area contributed by atoms with Gasteiger partial charge < -0.3 is 0 Å². The fourth-order valence-corrected chi connectivity index (χ4v) is 1.67. The summed E-state index contributed by atoms with van der Waals surface area (Å²) < 4.78 is 1.32. The zero-order valence-corrected chi connectivity index (χ0v) is 11.2. The van der Waals surface area contributed by atoms with Crippen LogP contribution in [0, 0.1) is 11.8 Å². The average Bonchev–Trinajstić information content (AvgIpc) is 2.41. The molecule has 2 aromatic rings. The minimum atomic E-state index is -0.184. The molecule has 0 saturated carbocycles. The van der Waals surface area contributed by atoms with Crippen LogP contribution >= 0.6 is 11.6 Å². The zero-order valence-electron chi connectivity index (χ0n) is 10.4. The van der Waals surface area contributed by atoms with Gasteiger partial charge in [-0.25, -0.2) is 9.67 Å². The van der Waals surface area contributed by atoms with Crippen molar-refractivity contribution in [1.82, 2.24) is 14.8 Å². The van der Waals surface area contributed by atoms with Crippen molar-refractivity contribution in [3.63, 3.8) is 0 Å². The molecule has 19 heavy (non-hydrogen) atoms. The Hall–Kier alpha value is -2.12. The van der Waals surface area contributed by atoms with Gasteiger partial charge in [-0.2, -0.15) is 5.10 Å². The van der Waals surface area contributed by atoms with Crippen LogP contribution in [-0.4, -0.2) is 14.8 Å². The molecule has 5 heteroatoms. The molecule has 0 bridgehead atoms. The topological polar surface area (TPSA) is 47.8 Å². The van der Waals surface area contributed by atoms with E-state index in [2.05, 4.69) is 21.9 Å². The fraction of sp³-hybridized carbons (Fsp3) is 0.214. The molecule has 2 rings (SSSR count). The molecule has 0 aliphatic carbocycles. The van der Waals surface area contributed by atoms with Gasteiger partial charge in [0.15, 0.2) is 0 Å². The van der Waals surface area contributed by atoms with Crippen molar-refractivity contribution < 1.29 is 0 Å². The Labute approximate surface area is 116 Å². The molecular weight excluding hydrogens is 262 g/mol. The summed E-state index contributed by atoms with van der Waals surface area (Å²) in [5, 5.41) is 4.63. The summed E-state index contributed by atoms with van der Waals surface area (Å²) in [4.78, 5) is 15.8. The molecule has 0 aliphatic heterocycles. The number of pyridine rings is 1. The summed E-state index contributed by atoms with van der Waals surface area (Å²) in [6, 6.07) is 8.36. The van der Waals surface area contributed by atoms with Crippen LogP contribution in [0.15, 0.2) is 35.1 Å². The number of rotatable bonds is 2. The van der Waals surface area contributed by atoms with Gasteiger partial charge in [0.05, 0.1) is 5.69 Å². The van der Waals surface area contributed by atoms with Gasteiger partial charge >= 0.3 is 0 Å². The molecule has 0 radical (unpaired) electrons. The summed E-state index contributed by atoms with van der Waals surface area (Å²) in [5.74, 6) is 5.79. The highest BCUT2D eigenvalue weighted by Crippen LogP contribution is 2.14. The molecule has 0 spiro atoms. The Bertz CT molecular complexity index is 698. The predicted molar refractivity (Wildman–Crippen MR) is 74.8 cm³/mol. The Balaban J connectivity index is 2.38. The highest BCUT2D eigenvalue weighted by atomic mass is 35.5. The van der Waals surface area contributed by atoms with Crippen molar-refractivity contribution in [2.24, 2.45) is 0 Å². The van der Waals surface area contributed by atoms with Gasteiger partial charge in [-0.3, -0.25) is 4.79 Å². The van der Waals surface area contributed by atoms with Gasteiger partial charge in [0.25, 0.3) is 5.56 Å². The summed E-state index contributed by atoms with van der Waals surface area (Å²) in [5.41, 5.74) is 1.04. The number of hydrogen-bond donors (Lipinski definition) is 0. The van der Waals surface area contributed by atoms with Crippen LogP contribution in [-0.2, 0) is 6.54 Å². The van der Waals surface area contributed by atoms with E-state index in [0.717, 1.165) is 6.42 Å². The second-order valence-electron chi connectivity index (χ2n) is 3.77. The lowest BCUT2D eigenvalue weighted by molar-refractivity contribution is 0.665. The third-order valence-corrected chi connectivity index (χ3v) is 2.59. The van der Waals surface area contributed by atoms with Crippen LogP contribution in [0.25, 0.3) is 11.4 Å². The maximum Gasteiger partial charge on any atom is 0.267 e. The second kappa shape index (κ2) is 6.17. The summed E-state index contributed by atoms with van der Waals surface area (Å²) in [6.45, 7) is 2.23. The molecule has 0 unspecified atom stereocenters. The minimum Gasteiger partial charge on any atom is -0.268 e. The van der Waals surface area contributed by atoms with Gasteiger partial charge in [-0.05, 0) is 18.2 Å². The predicted octanol–water partition coefficient (Wildman–Crippen LogP) is 2.37. The van der Waals surface area contributed by atoms with Crippen LogP contribution in [0.4, 0.5) is 0 Å². The Morgan fingerprint density at radius 1 is 1.21 bits per heavy atom. The third kappa shape index (κ3) is 3.43. The minimum absolute atomic E-state index is 0.184. The third-order valence-electron chi connectivity index (χ3n) is 2.37. The lowest BCUT2D eigenvalue weighted by Gasteiger charge is -2.03. The van der Waals surface area contributed by atoms with Crippen molar-refractivity contribution in [2.75, 3.05) is 0 Å². The molecule has 2 aromatic heterocycles. The maximum absolute atomic E-state index is 11.7. The molecule has 96 valence electrons. The van der Waals surface area contributed by atoms with E-state index in [0.29, 0.717) is 16.5 Å². The van der Waals surface area contributed by atoms with Crippen LogP contribution in [0.1, 0.15) is 13.3 Å². The van der Waals surface area contributed by atoms with Crippen LogP contribution in [0.5, 0.6) is 0 Å². The molecule has 0 fully saturated rings. The van der Waals surface area contributed by atoms with E-state index < -0.39 is 0 Å². The number of hydrogen-bond acceptors (Lipinski definition) is 3. The molecule has 2 heterocycles. The molecule has 0 aliphatic rings. The van der Waals surface area contributed by atoms with Crippen LogP contribution < -0.4 is 5.56 Å². The van der Waals surface area contributed by atoms with Gasteiger partial charge in [0, 0.05) is 12.5 Å². The zero-order chi connectivity index (χ0) is 13.7. The smallest absolute Gasteiger partial charge is 0.267 e. The highest BCUT2D eigenvalue weighted by Gasteiger charge is 2.04. The van der Waals surface area contributed by atoms with Crippen molar-refractivity contribution in [2.45, 2.75) is 19.9 Å². The standard InChI is InChI=1S/C14H12ClN3O/c1-2-3-4-10-18-14(19)9-8-12(17-18)11-6-5-7-13(15)16-11/h5-9H,2,10H2,1H3. The normalized spacial score (nSPS) is 9.79. The summed E-state index contributed by atoms with van der Waals surface area (Å²) in [7, 11) is 0. The number of nitrogens with zero attached hydrogens (tertiary/aromatic N) is 3. The van der Waals surface area contributed by atoms with E-state index in [-0.39, 0.29) is 12.1 Å². The molecule has 0 N–H and O–H groups in total. The first-order valence-corrected chi connectivity index (χ1v) is 6.25. The van der Waals surface area contributed by atoms with Crippen molar-refractivity contribution >= 4 is 11.6 Å². The SMILES string of the molecule is CCC#CCn1nc(-c2cccc(Cl)n2)ccc1=O. The van der Waals surface area contributed by atoms with Crippen molar-refractivity contribution in [3.05, 3.63) is 45.8 Å². The van der Waals surface area contributed by atoms with Crippen LogP contribution in [0.3, 0.4) is 0 Å². The lowest BCUT2D eigenvalue weighted by atomic mass is 10.2. The lowest BCUT2D eigenvalue weighted by Crippen LogP contribution is -2.21. The van der Waals surface area contributed by atoms with Crippen LogP contribution in [0.2, 0.25) is 5.15 Å². The van der Waals surface area contributed by atoms with E-state index in [9.17, 15) is 4.79 Å². The largest absolute Gasteiger partial charge is 0.268 e. The van der Waals surface area contributed by atoms with E-state index in [4.69, 9.17) is 11.6 Å². The molecular formula is C14H12ClN3O. The first kappa shape index (κ1) is 13.3. The van der Waals surface area contributed by atoms with Crippen molar-refractivity contribution in [3.8, 4) is 23.2 Å². The van der Waals surface area contributed by atoms with Gasteiger partial charge in [-0.15, -0.1) is 5.92 Å². The van der Waals surface area contributed by atoms with Gasteiger partial charge in [0.2, 0.25) is 0 Å². The number of aromatic nitrogens is 3. The molecule has 0 atom stereocenters. The second-order valence-corrected chi connectivity index (χ2v) is 4.15. The molecule has 0 amide bonds. The average molecular weight is 274 g/mol. The Morgan fingerprint density at radius 3 is 2.79 bits per heavy atom. The monoisotopic (exact) mass is 273 g/mol. The summed E-state index contributed by atoms with van der Waals surface area (Å²) >= 11 is 5.84. The van der Waals surface area contributed by atoms with Gasteiger partial charge in [-0.1, -0.05) is 30.5 Å². The van der Waals surface area contributed by atoms with Gasteiger partial charge in [0.1, 0.15) is 17.4 Å². The van der Waals surface area contributed by atoms with E-state index in [1.54, 1.807) is 24.3 Å². The van der Waals surface area contributed by atoms with E-state index in [1.165, 1.54) is 10.7 Å². The first-order valence-electron chi connectivity index (χ1n) is 5.87. The fourth-order valence-electron chi connectivity index (χ4n) is 1.51. The van der Waals surface area contributed by atoms with E-state index in [1.807, 2.05) is 6.92 Å². The molecule has 0 saturated heterocycles.